The molecule has 0 unspecified atom stereocenters. The van der Waals surface area contributed by atoms with Crippen LogP contribution in [0.5, 0.6) is 5.75 Å². The van der Waals surface area contributed by atoms with Crippen molar-refractivity contribution in [3.05, 3.63) is 35.1 Å². The van der Waals surface area contributed by atoms with Gasteiger partial charge in [-0.1, -0.05) is 11.6 Å². The minimum atomic E-state index is -0.307. The maximum atomic E-state index is 13.3. The van der Waals surface area contributed by atoms with Gasteiger partial charge in [-0.15, -0.1) is 0 Å². The maximum absolute atomic E-state index is 13.3. The normalized spacial score (nSPS) is 11.3. The number of hydrogen-bond acceptors (Lipinski definition) is 2. The predicted molar refractivity (Wildman–Crippen MR) is 61.1 cm³/mol. The largest absolute Gasteiger partial charge is 0.497 e. The van der Waals surface area contributed by atoms with Crippen LogP contribution in [-0.2, 0) is 0 Å². The van der Waals surface area contributed by atoms with E-state index in [2.05, 4.69) is 5.32 Å². The van der Waals surface area contributed by atoms with E-state index in [-0.39, 0.29) is 5.82 Å². The Bertz CT molecular complexity index is 366. The summed E-state index contributed by atoms with van der Waals surface area (Å²) in [6, 6.07) is 4.54. The monoisotopic (exact) mass is 229 g/mol. The Morgan fingerprint density at radius 3 is 2.93 bits per heavy atom. The van der Waals surface area contributed by atoms with Crippen LogP contribution in [0, 0.1) is 5.82 Å². The van der Waals surface area contributed by atoms with Crippen molar-refractivity contribution in [2.45, 2.75) is 6.92 Å². The average Bonchev–Trinajstić information content (AvgIpc) is 2.27. The van der Waals surface area contributed by atoms with Crippen molar-refractivity contribution in [1.82, 2.24) is 0 Å². The van der Waals surface area contributed by atoms with Crippen molar-refractivity contribution in [2.75, 3.05) is 19.0 Å². The first kappa shape index (κ1) is 11.9. The Balaban J connectivity index is 2.75. The number of nitrogens with one attached hydrogen (secondary N) is 1. The molecule has 0 saturated carbocycles. The lowest BCUT2D eigenvalue weighted by atomic mass is 10.2. The fourth-order valence-electron chi connectivity index (χ4n) is 1.04. The molecule has 0 fully saturated rings. The molecule has 0 aliphatic carbocycles. The topological polar surface area (TPSA) is 21.3 Å². The van der Waals surface area contributed by atoms with Gasteiger partial charge in [0.25, 0.3) is 0 Å². The summed E-state index contributed by atoms with van der Waals surface area (Å²) in [5.41, 5.74) is 2.80. The van der Waals surface area contributed by atoms with Gasteiger partial charge in [0.1, 0.15) is 11.6 Å². The van der Waals surface area contributed by atoms with Crippen molar-refractivity contribution >= 4 is 17.3 Å². The highest BCUT2D eigenvalue weighted by molar-refractivity contribution is 6.25. The Morgan fingerprint density at radius 2 is 2.33 bits per heavy atom. The molecule has 0 aliphatic heterocycles. The predicted octanol–water partition coefficient (Wildman–Crippen LogP) is 3.39. The summed E-state index contributed by atoms with van der Waals surface area (Å²) >= 11 is 5.50. The molecule has 0 atom stereocenters. The Morgan fingerprint density at radius 1 is 1.60 bits per heavy atom. The average molecular weight is 230 g/mol. The highest BCUT2D eigenvalue weighted by Gasteiger charge is 2.03. The summed E-state index contributed by atoms with van der Waals surface area (Å²) < 4.78 is 18.3. The first-order valence-electron chi connectivity index (χ1n) is 4.50. The molecule has 0 heterocycles. The van der Waals surface area contributed by atoms with E-state index < -0.39 is 0 Å². The summed E-state index contributed by atoms with van der Waals surface area (Å²) in [6.07, 6.45) is 0. The number of ether oxygens (including phenoxy) is 1. The van der Waals surface area contributed by atoms with Crippen LogP contribution in [0.3, 0.4) is 0 Å². The molecule has 0 amide bonds. The lowest BCUT2D eigenvalue weighted by molar-refractivity contribution is 0.414. The SMILES string of the molecule is COc1ccc(F)c(NC/C(C)=C/Cl)c1. The van der Waals surface area contributed by atoms with E-state index in [4.69, 9.17) is 16.3 Å². The lowest BCUT2D eigenvalue weighted by Gasteiger charge is -2.09. The van der Waals surface area contributed by atoms with Gasteiger partial charge in [-0.05, 0) is 24.6 Å². The van der Waals surface area contributed by atoms with Gasteiger partial charge in [-0.2, -0.15) is 0 Å². The minimum Gasteiger partial charge on any atom is -0.497 e. The third-order valence-electron chi connectivity index (χ3n) is 1.92. The molecule has 1 N–H and O–H groups in total. The van der Waals surface area contributed by atoms with E-state index in [1.54, 1.807) is 19.2 Å². The molecule has 0 bridgehead atoms. The van der Waals surface area contributed by atoms with Crippen LogP contribution in [0.15, 0.2) is 29.3 Å². The van der Waals surface area contributed by atoms with E-state index in [9.17, 15) is 4.39 Å². The van der Waals surface area contributed by atoms with Gasteiger partial charge in [0, 0.05) is 18.1 Å². The zero-order chi connectivity index (χ0) is 11.3. The van der Waals surface area contributed by atoms with Crippen LogP contribution in [0.25, 0.3) is 0 Å². The number of hydrogen-bond donors (Lipinski definition) is 1. The summed E-state index contributed by atoms with van der Waals surface area (Å²) in [4.78, 5) is 0. The van der Waals surface area contributed by atoms with Gasteiger partial charge < -0.3 is 10.1 Å². The van der Waals surface area contributed by atoms with Crippen molar-refractivity contribution in [3.63, 3.8) is 0 Å². The quantitative estimate of drug-likeness (QED) is 0.855. The molecule has 0 radical (unpaired) electrons. The standard InChI is InChI=1S/C11H13ClFNO/c1-8(6-12)7-14-11-5-9(15-2)3-4-10(11)13/h3-6,14H,7H2,1-2H3/b8-6+. The van der Waals surface area contributed by atoms with Crippen molar-refractivity contribution in [2.24, 2.45) is 0 Å². The number of methoxy groups -OCH3 is 1. The number of halogens is 2. The molecule has 1 aromatic carbocycles. The second-order valence-electron chi connectivity index (χ2n) is 3.15. The first-order chi connectivity index (χ1) is 7.17. The third-order valence-corrected chi connectivity index (χ3v) is 2.29. The van der Waals surface area contributed by atoms with Crippen LogP contribution < -0.4 is 10.1 Å². The van der Waals surface area contributed by atoms with Gasteiger partial charge >= 0.3 is 0 Å². The number of rotatable bonds is 4. The molecule has 1 aromatic rings. The zero-order valence-electron chi connectivity index (χ0n) is 8.68. The number of anilines is 1. The zero-order valence-corrected chi connectivity index (χ0v) is 9.44. The van der Waals surface area contributed by atoms with Gasteiger partial charge in [0.2, 0.25) is 0 Å². The van der Waals surface area contributed by atoms with E-state index >= 15 is 0 Å². The maximum Gasteiger partial charge on any atom is 0.146 e. The van der Waals surface area contributed by atoms with Crippen LogP contribution in [0.1, 0.15) is 6.92 Å². The highest BCUT2D eigenvalue weighted by Crippen LogP contribution is 2.21. The van der Waals surface area contributed by atoms with Crippen LogP contribution >= 0.6 is 11.6 Å². The van der Waals surface area contributed by atoms with Crippen LogP contribution in [-0.4, -0.2) is 13.7 Å². The molecule has 0 saturated heterocycles. The molecule has 0 aliphatic rings. The first-order valence-corrected chi connectivity index (χ1v) is 4.94. The van der Waals surface area contributed by atoms with Crippen molar-refractivity contribution in [3.8, 4) is 5.75 Å². The summed E-state index contributed by atoms with van der Waals surface area (Å²) in [7, 11) is 1.54. The van der Waals surface area contributed by atoms with Gasteiger partial charge in [0.05, 0.1) is 12.8 Å². The van der Waals surface area contributed by atoms with E-state index in [0.29, 0.717) is 18.0 Å². The second-order valence-corrected chi connectivity index (χ2v) is 3.37. The van der Waals surface area contributed by atoms with Gasteiger partial charge in [0.15, 0.2) is 0 Å². The molecule has 4 heteroatoms. The molecule has 15 heavy (non-hydrogen) atoms. The van der Waals surface area contributed by atoms with E-state index in [1.165, 1.54) is 11.6 Å². The van der Waals surface area contributed by atoms with E-state index in [0.717, 1.165) is 5.57 Å². The summed E-state index contributed by atoms with van der Waals surface area (Å²) in [5.74, 6) is 0.310. The van der Waals surface area contributed by atoms with Crippen molar-refractivity contribution < 1.29 is 9.13 Å². The molecule has 2 nitrogen and oxygen atoms in total. The molecule has 0 aromatic heterocycles. The van der Waals surface area contributed by atoms with Gasteiger partial charge in [-0.3, -0.25) is 0 Å². The molecule has 82 valence electrons. The lowest BCUT2D eigenvalue weighted by Crippen LogP contribution is -2.04. The molecule has 1 rings (SSSR count). The Kier molecular flexibility index (Phi) is 4.43. The smallest absolute Gasteiger partial charge is 0.146 e. The molecular weight excluding hydrogens is 217 g/mol. The molecule has 0 spiro atoms. The highest BCUT2D eigenvalue weighted by atomic mass is 35.5. The van der Waals surface area contributed by atoms with E-state index in [1.807, 2.05) is 6.92 Å². The van der Waals surface area contributed by atoms with Crippen LogP contribution in [0.4, 0.5) is 10.1 Å². The van der Waals surface area contributed by atoms with Crippen LogP contribution in [0.2, 0.25) is 0 Å². The fraction of sp³-hybridized carbons (Fsp3) is 0.273. The van der Waals surface area contributed by atoms with Gasteiger partial charge in [-0.25, -0.2) is 4.39 Å². The number of benzene rings is 1. The second kappa shape index (κ2) is 5.61. The molecular formula is C11H13ClFNO. The third kappa shape index (κ3) is 3.44. The fourth-order valence-corrected chi connectivity index (χ4v) is 1.12. The Labute approximate surface area is 93.7 Å². The van der Waals surface area contributed by atoms with Crippen molar-refractivity contribution in [1.29, 1.82) is 0 Å². The Hall–Kier alpha value is -1.22. The minimum absolute atomic E-state index is 0.307. The summed E-state index contributed by atoms with van der Waals surface area (Å²) in [6.45, 7) is 2.37. The summed E-state index contributed by atoms with van der Waals surface area (Å²) in [5, 5.41) is 2.93.